The van der Waals surface area contributed by atoms with E-state index < -0.39 is 0 Å². The molecule has 0 radical (unpaired) electrons. The molecule has 0 spiro atoms. The van der Waals surface area contributed by atoms with Crippen LogP contribution in [0.25, 0.3) is 0 Å². The van der Waals surface area contributed by atoms with Crippen LogP contribution < -0.4 is 10.1 Å². The molecule has 1 aromatic heterocycles. The fourth-order valence-electron chi connectivity index (χ4n) is 1.44. The predicted molar refractivity (Wildman–Crippen MR) is 55.4 cm³/mol. The van der Waals surface area contributed by atoms with E-state index in [-0.39, 0.29) is 0 Å². The highest BCUT2D eigenvalue weighted by Crippen LogP contribution is 2.12. The fraction of sp³-hybridized carbons (Fsp3) is 0.545. The van der Waals surface area contributed by atoms with Crippen molar-refractivity contribution < 1.29 is 4.74 Å². The van der Waals surface area contributed by atoms with Crippen LogP contribution in [0.2, 0.25) is 0 Å². The van der Waals surface area contributed by atoms with Gasteiger partial charge in [0.1, 0.15) is 5.75 Å². The van der Waals surface area contributed by atoms with Crippen molar-refractivity contribution in [1.82, 2.24) is 10.3 Å². The smallest absolute Gasteiger partial charge is 0.137 e. The molecule has 76 valence electrons. The number of hydrogen-bond donors (Lipinski definition) is 1. The Morgan fingerprint density at radius 1 is 1.50 bits per heavy atom. The summed E-state index contributed by atoms with van der Waals surface area (Å²) in [5.74, 6) is 1.69. The molecule has 1 fully saturated rings. The lowest BCUT2D eigenvalue weighted by molar-refractivity contribution is 0.238. The molecule has 1 aliphatic rings. The maximum atomic E-state index is 5.58. The van der Waals surface area contributed by atoms with Gasteiger partial charge in [-0.15, -0.1) is 0 Å². The first kappa shape index (κ1) is 9.46. The Bertz CT molecular complexity index is 280. The van der Waals surface area contributed by atoms with Crippen LogP contribution in [0.1, 0.15) is 12.1 Å². The van der Waals surface area contributed by atoms with E-state index in [4.69, 9.17) is 4.74 Å². The van der Waals surface area contributed by atoms with E-state index >= 15 is 0 Å². The molecule has 3 heteroatoms. The van der Waals surface area contributed by atoms with Crippen molar-refractivity contribution in [3.05, 3.63) is 24.0 Å². The fourth-order valence-corrected chi connectivity index (χ4v) is 1.44. The van der Waals surface area contributed by atoms with Gasteiger partial charge in [-0.3, -0.25) is 4.98 Å². The number of nitrogens with one attached hydrogen (secondary N) is 1. The van der Waals surface area contributed by atoms with E-state index in [0.29, 0.717) is 0 Å². The molecule has 0 unspecified atom stereocenters. The Morgan fingerprint density at radius 3 is 2.93 bits per heavy atom. The number of pyridine rings is 1. The molecule has 1 saturated heterocycles. The van der Waals surface area contributed by atoms with Gasteiger partial charge in [0, 0.05) is 5.69 Å². The highest BCUT2D eigenvalue weighted by atomic mass is 16.5. The van der Waals surface area contributed by atoms with Gasteiger partial charge in [-0.05, 0) is 44.5 Å². The van der Waals surface area contributed by atoms with Gasteiger partial charge in [-0.1, -0.05) is 0 Å². The van der Waals surface area contributed by atoms with Gasteiger partial charge >= 0.3 is 0 Å². The molecule has 14 heavy (non-hydrogen) atoms. The minimum Gasteiger partial charge on any atom is -0.492 e. The SMILES string of the molecule is Cc1ccc(OCCC2CNC2)cn1. The van der Waals surface area contributed by atoms with Crippen LogP contribution in [0.4, 0.5) is 0 Å². The Morgan fingerprint density at radius 2 is 2.36 bits per heavy atom. The summed E-state index contributed by atoms with van der Waals surface area (Å²) in [5, 5.41) is 3.25. The van der Waals surface area contributed by atoms with Crippen molar-refractivity contribution in [2.45, 2.75) is 13.3 Å². The van der Waals surface area contributed by atoms with Gasteiger partial charge in [-0.2, -0.15) is 0 Å². The second-order valence-corrected chi connectivity index (χ2v) is 3.80. The average Bonchev–Trinajstić information content (AvgIpc) is 2.12. The van der Waals surface area contributed by atoms with Crippen LogP contribution in [-0.4, -0.2) is 24.7 Å². The Labute approximate surface area is 84.5 Å². The zero-order valence-corrected chi connectivity index (χ0v) is 8.49. The zero-order valence-electron chi connectivity index (χ0n) is 8.49. The van der Waals surface area contributed by atoms with Crippen LogP contribution in [0.5, 0.6) is 5.75 Å². The Balaban J connectivity index is 1.71. The molecule has 2 rings (SSSR count). The lowest BCUT2D eigenvalue weighted by Crippen LogP contribution is -2.42. The molecule has 0 bridgehead atoms. The second-order valence-electron chi connectivity index (χ2n) is 3.80. The third-order valence-electron chi connectivity index (χ3n) is 2.55. The van der Waals surface area contributed by atoms with Crippen LogP contribution in [0, 0.1) is 12.8 Å². The van der Waals surface area contributed by atoms with Gasteiger partial charge in [-0.25, -0.2) is 0 Å². The van der Waals surface area contributed by atoms with Crippen molar-refractivity contribution in [1.29, 1.82) is 0 Å². The highest BCUT2D eigenvalue weighted by Gasteiger charge is 2.15. The molecule has 0 aliphatic carbocycles. The summed E-state index contributed by atoms with van der Waals surface area (Å²) < 4.78 is 5.58. The molecular weight excluding hydrogens is 176 g/mol. The van der Waals surface area contributed by atoms with Gasteiger partial charge < -0.3 is 10.1 Å². The first-order valence-electron chi connectivity index (χ1n) is 5.11. The first-order valence-corrected chi connectivity index (χ1v) is 5.11. The minimum absolute atomic E-state index is 0.803. The first-order chi connectivity index (χ1) is 6.84. The standard InChI is InChI=1S/C11H16N2O/c1-9-2-3-11(8-13-9)14-5-4-10-6-12-7-10/h2-3,8,10,12H,4-7H2,1H3. The van der Waals surface area contributed by atoms with E-state index in [1.807, 2.05) is 19.1 Å². The van der Waals surface area contributed by atoms with Crippen LogP contribution in [0.15, 0.2) is 18.3 Å². The highest BCUT2D eigenvalue weighted by molar-refractivity contribution is 5.18. The number of rotatable bonds is 4. The molecule has 0 aromatic carbocycles. The number of hydrogen-bond acceptors (Lipinski definition) is 3. The normalized spacial score (nSPS) is 16.4. The number of ether oxygens (including phenoxy) is 1. The lowest BCUT2D eigenvalue weighted by atomic mass is 10.0. The summed E-state index contributed by atoms with van der Waals surface area (Å²) in [6, 6.07) is 3.95. The summed E-state index contributed by atoms with van der Waals surface area (Å²) in [5.41, 5.74) is 1.03. The van der Waals surface area contributed by atoms with Gasteiger partial charge in [0.2, 0.25) is 0 Å². The second kappa shape index (κ2) is 4.42. The summed E-state index contributed by atoms with van der Waals surface area (Å²) >= 11 is 0. The van der Waals surface area contributed by atoms with E-state index in [2.05, 4.69) is 10.3 Å². The summed E-state index contributed by atoms with van der Waals surface area (Å²) in [4.78, 5) is 4.17. The average molecular weight is 192 g/mol. The van der Waals surface area contributed by atoms with Crippen molar-refractivity contribution >= 4 is 0 Å². The van der Waals surface area contributed by atoms with Crippen LogP contribution >= 0.6 is 0 Å². The van der Waals surface area contributed by atoms with Crippen molar-refractivity contribution in [2.24, 2.45) is 5.92 Å². The van der Waals surface area contributed by atoms with Gasteiger partial charge in [0.25, 0.3) is 0 Å². The van der Waals surface area contributed by atoms with Crippen molar-refractivity contribution in [2.75, 3.05) is 19.7 Å². The molecule has 3 nitrogen and oxygen atoms in total. The van der Waals surface area contributed by atoms with Crippen molar-refractivity contribution in [3.63, 3.8) is 0 Å². The summed E-state index contributed by atoms with van der Waals surface area (Å²) in [6.45, 7) is 5.08. The summed E-state index contributed by atoms with van der Waals surface area (Å²) in [7, 11) is 0. The number of aryl methyl sites for hydroxylation is 1. The molecule has 0 saturated carbocycles. The van der Waals surface area contributed by atoms with Crippen LogP contribution in [-0.2, 0) is 0 Å². The minimum atomic E-state index is 0.803. The third kappa shape index (κ3) is 2.45. The predicted octanol–water partition coefficient (Wildman–Crippen LogP) is 1.38. The van der Waals surface area contributed by atoms with Crippen molar-refractivity contribution in [3.8, 4) is 5.75 Å². The topological polar surface area (TPSA) is 34.1 Å². The summed E-state index contributed by atoms with van der Waals surface area (Å²) in [6.07, 6.45) is 2.93. The Hall–Kier alpha value is -1.09. The maximum Gasteiger partial charge on any atom is 0.137 e. The monoisotopic (exact) mass is 192 g/mol. The largest absolute Gasteiger partial charge is 0.492 e. The maximum absolute atomic E-state index is 5.58. The Kier molecular flexibility index (Phi) is 2.99. The number of nitrogens with zero attached hydrogens (tertiary/aromatic N) is 1. The van der Waals surface area contributed by atoms with Gasteiger partial charge in [0.15, 0.2) is 0 Å². The number of aromatic nitrogens is 1. The van der Waals surface area contributed by atoms with E-state index in [9.17, 15) is 0 Å². The van der Waals surface area contributed by atoms with Crippen LogP contribution in [0.3, 0.4) is 0 Å². The lowest BCUT2D eigenvalue weighted by Gasteiger charge is -2.26. The van der Waals surface area contributed by atoms with E-state index in [1.54, 1.807) is 6.20 Å². The molecule has 1 aromatic rings. The van der Waals surface area contributed by atoms with Gasteiger partial charge in [0.05, 0.1) is 12.8 Å². The molecule has 1 aliphatic heterocycles. The molecule has 2 heterocycles. The molecular formula is C11H16N2O. The molecule has 0 amide bonds. The third-order valence-corrected chi connectivity index (χ3v) is 2.55. The molecule has 1 N–H and O–H groups in total. The molecule has 0 atom stereocenters. The van der Waals surface area contributed by atoms with E-state index in [1.165, 1.54) is 0 Å². The van der Waals surface area contributed by atoms with E-state index in [0.717, 1.165) is 43.5 Å². The zero-order chi connectivity index (χ0) is 9.80. The quantitative estimate of drug-likeness (QED) is 0.782.